The molecule has 1 heterocycles. The fraction of sp³-hybridized carbons (Fsp3) is 0.176. The van der Waals surface area contributed by atoms with Gasteiger partial charge in [0.25, 0.3) is 0 Å². The first-order valence-electron chi connectivity index (χ1n) is 6.98. The van der Waals surface area contributed by atoms with E-state index in [1.165, 1.54) is 15.6 Å². The van der Waals surface area contributed by atoms with Gasteiger partial charge in [0.15, 0.2) is 0 Å². The highest BCUT2D eigenvalue weighted by Gasteiger charge is 2.15. The Kier molecular flexibility index (Phi) is 4.20. The minimum absolute atomic E-state index is 0.0250. The Hall–Kier alpha value is -1.88. The second-order valence-electron chi connectivity index (χ2n) is 4.79. The van der Waals surface area contributed by atoms with Crippen molar-refractivity contribution in [3.05, 3.63) is 65.0 Å². The van der Waals surface area contributed by atoms with Crippen LogP contribution in [0, 0.1) is 0 Å². The van der Waals surface area contributed by atoms with E-state index in [0.29, 0.717) is 6.61 Å². The average molecular weight is 298 g/mol. The summed E-state index contributed by atoms with van der Waals surface area (Å²) in [6, 6.07) is 16.5. The molecule has 1 atom stereocenters. The average Bonchev–Trinajstić information content (AvgIpc) is 2.99. The van der Waals surface area contributed by atoms with Crippen LogP contribution in [0.15, 0.2) is 53.9 Å². The molecule has 0 amide bonds. The monoisotopic (exact) mass is 298 g/mol. The van der Waals surface area contributed by atoms with Crippen LogP contribution >= 0.6 is 11.3 Å². The third-order valence-electron chi connectivity index (χ3n) is 3.51. The second-order valence-corrected chi connectivity index (χ2v) is 5.70. The molecule has 3 aromatic rings. The molecule has 1 unspecified atom stereocenters. The Balaban J connectivity index is 1.99. The van der Waals surface area contributed by atoms with Crippen molar-refractivity contribution < 1.29 is 4.74 Å². The van der Waals surface area contributed by atoms with E-state index in [1.807, 2.05) is 19.1 Å². The lowest BCUT2D eigenvalue weighted by atomic mass is 9.98. The van der Waals surface area contributed by atoms with Crippen LogP contribution in [0.5, 0.6) is 5.75 Å². The quantitative estimate of drug-likeness (QED) is 0.555. The molecule has 3 rings (SSSR count). The Labute approximate surface area is 128 Å². The van der Waals surface area contributed by atoms with E-state index < -0.39 is 0 Å². The zero-order valence-electron chi connectivity index (χ0n) is 11.9. The molecule has 0 saturated heterocycles. The van der Waals surface area contributed by atoms with Gasteiger partial charge >= 0.3 is 0 Å². The summed E-state index contributed by atoms with van der Waals surface area (Å²) in [5.41, 5.74) is 5.26. The zero-order valence-corrected chi connectivity index (χ0v) is 12.7. The number of hydrazine groups is 1. The van der Waals surface area contributed by atoms with Crippen molar-refractivity contribution in [1.29, 1.82) is 0 Å². The molecule has 3 N–H and O–H groups in total. The summed E-state index contributed by atoms with van der Waals surface area (Å²) in [4.78, 5) is 0. The molecule has 3 nitrogen and oxygen atoms in total. The summed E-state index contributed by atoms with van der Waals surface area (Å²) in [5, 5.41) is 3.36. The molecule has 21 heavy (non-hydrogen) atoms. The van der Waals surface area contributed by atoms with Crippen LogP contribution in [0.3, 0.4) is 0 Å². The topological polar surface area (TPSA) is 47.3 Å². The summed E-state index contributed by atoms with van der Waals surface area (Å²) in [7, 11) is 0. The van der Waals surface area contributed by atoms with Crippen LogP contribution in [0.2, 0.25) is 0 Å². The number of thiophene rings is 1. The Morgan fingerprint density at radius 1 is 1.14 bits per heavy atom. The molecule has 4 heteroatoms. The van der Waals surface area contributed by atoms with Gasteiger partial charge < -0.3 is 4.74 Å². The molecule has 0 bridgehead atoms. The Bertz CT molecular complexity index is 721. The third-order valence-corrected chi connectivity index (χ3v) is 4.49. The molecule has 1 aromatic heterocycles. The Morgan fingerprint density at radius 3 is 2.67 bits per heavy atom. The van der Waals surface area contributed by atoms with Crippen molar-refractivity contribution in [3.8, 4) is 5.75 Å². The molecule has 0 spiro atoms. The van der Waals surface area contributed by atoms with Gasteiger partial charge in [-0.05, 0) is 47.0 Å². The zero-order chi connectivity index (χ0) is 14.7. The predicted molar refractivity (Wildman–Crippen MR) is 88.6 cm³/mol. The van der Waals surface area contributed by atoms with Gasteiger partial charge in [-0.25, -0.2) is 5.43 Å². The fourth-order valence-electron chi connectivity index (χ4n) is 2.53. The summed E-state index contributed by atoms with van der Waals surface area (Å²) in [6.45, 7) is 2.65. The van der Waals surface area contributed by atoms with Crippen molar-refractivity contribution in [2.45, 2.75) is 13.0 Å². The lowest BCUT2D eigenvalue weighted by Gasteiger charge is -2.18. The van der Waals surface area contributed by atoms with Crippen LogP contribution in [0.4, 0.5) is 0 Å². The highest BCUT2D eigenvalue weighted by atomic mass is 32.1. The number of benzene rings is 2. The van der Waals surface area contributed by atoms with Crippen molar-refractivity contribution in [2.75, 3.05) is 6.61 Å². The number of nitrogens with two attached hydrogens (primary N) is 1. The summed E-state index contributed by atoms with van der Waals surface area (Å²) in [5.74, 6) is 6.70. The molecule has 2 aromatic carbocycles. The standard InChI is InChI=1S/C17H18N2OS/c1-2-20-14-8-6-12(7-9-14)16(19-18)15-5-3-4-13-10-11-21-17(13)15/h3-11,16,19H,2,18H2,1H3. The highest BCUT2D eigenvalue weighted by molar-refractivity contribution is 7.17. The van der Waals surface area contributed by atoms with Crippen molar-refractivity contribution >= 4 is 21.4 Å². The largest absolute Gasteiger partial charge is 0.494 e. The summed E-state index contributed by atoms with van der Waals surface area (Å²) < 4.78 is 6.76. The van der Waals surface area contributed by atoms with Crippen LogP contribution in [0.25, 0.3) is 10.1 Å². The first-order valence-corrected chi connectivity index (χ1v) is 7.86. The molecule has 0 aliphatic rings. The van der Waals surface area contributed by atoms with Gasteiger partial charge in [0.05, 0.1) is 12.6 Å². The van der Waals surface area contributed by atoms with Gasteiger partial charge in [0.2, 0.25) is 0 Å². The number of hydrogen-bond acceptors (Lipinski definition) is 4. The minimum Gasteiger partial charge on any atom is -0.494 e. The van der Waals surface area contributed by atoms with E-state index in [0.717, 1.165) is 11.3 Å². The van der Waals surface area contributed by atoms with E-state index in [2.05, 4.69) is 47.2 Å². The molecule has 0 radical (unpaired) electrons. The normalized spacial score (nSPS) is 12.5. The molecule has 108 valence electrons. The van der Waals surface area contributed by atoms with Gasteiger partial charge in [-0.15, -0.1) is 11.3 Å². The van der Waals surface area contributed by atoms with Gasteiger partial charge in [-0.2, -0.15) is 0 Å². The summed E-state index contributed by atoms with van der Waals surface area (Å²) in [6.07, 6.45) is 0. The maximum atomic E-state index is 5.82. The maximum absolute atomic E-state index is 5.82. The lowest BCUT2D eigenvalue weighted by Crippen LogP contribution is -2.28. The van der Waals surface area contributed by atoms with Crippen molar-refractivity contribution in [3.63, 3.8) is 0 Å². The maximum Gasteiger partial charge on any atom is 0.119 e. The number of nitrogens with one attached hydrogen (secondary N) is 1. The van der Waals surface area contributed by atoms with Crippen molar-refractivity contribution in [2.24, 2.45) is 5.84 Å². The smallest absolute Gasteiger partial charge is 0.119 e. The molecule has 0 aliphatic heterocycles. The van der Waals surface area contributed by atoms with E-state index in [9.17, 15) is 0 Å². The first-order chi connectivity index (χ1) is 10.3. The second kappa shape index (κ2) is 6.26. The van der Waals surface area contributed by atoms with Crippen LogP contribution in [0.1, 0.15) is 24.1 Å². The van der Waals surface area contributed by atoms with Gasteiger partial charge in [0.1, 0.15) is 5.75 Å². The molecular formula is C17H18N2OS. The van der Waals surface area contributed by atoms with Crippen LogP contribution in [-0.4, -0.2) is 6.61 Å². The Morgan fingerprint density at radius 2 is 1.95 bits per heavy atom. The van der Waals surface area contributed by atoms with E-state index in [1.54, 1.807) is 11.3 Å². The molecular weight excluding hydrogens is 280 g/mol. The molecule has 0 aliphatic carbocycles. The van der Waals surface area contributed by atoms with Crippen LogP contribution in [-0.2, 0) is 0 Å². The number of ether oxygens (including phenoxy) is 1. The first kappa shape index (κ1) is 14.1. The van der Waals surface area contributed by atoms with Crippen molar-refractivity contribution in [1.82, 2.24) is 5.43 Å². The summed E-state index contributed by atoms with van der Waals surface area (Å²) >= 11 is 1.74. The van der Waals surface area contributed by atoms with Gasteiger partial charge in [-0.3, -0.25) is 5.84 Å². The minimum atomic E-state index is -0.0250. The fourth-order valence-corrected chi connectivity index (χ4v) is 3.48. The van der Waals surface area contributed by atoms with Crippen LogP contribution < -0.4 is 16.0 Å². The highest BCUT2D eigenvalue weighted by Crippen LogP contribution is 2.32. The SMILES string of the molecule is CCOc1ccc(C(NN)c2cccc3ccsc23)cc1. The van der Waals surface area contributed by atoms with E-state index in [4.69, 9.17) is 10.6 Å². The molecule has 0 fully saturated rings. The molecule has 0 saturated carbocycles. The number of rotatable bonds is 5. The number of fused-ring (bicyclic) bond motifs is 1. The van der Waals surface area contributed by atoms with E-state index >= 15 is 0 Å². The predicted octanol–water partition coefficient (Wildman–Crippen LogP) is 3.85. The lowest BCUT2D eigenvalue weighted by molar-refractivity contribution is 0.340. The van der Waals surface area contributed by atoms with E-state index in [-0.39, 0.29) is 6.04 Å². The van der Waals surface area contributed by atoms with Gasteiger partial charge in [-0.1, -0.05) is 30.3 Å². The van der Waals surface area contributed by atoms with Gasteiger partial charge in [0, 0.05) is 4.70 Å². The third kappa shape index (κ3) is 2.78. The number of hydrogen-bond donors (Lipinski definition) is 2.